The number of ether oxygens (including phenoxy) is 2. The van der Waals surface area contributed by atoms with Crippen LogP contribution in [0.4, 0.5) is 4.39 Å². The molecule has 7 rings (SSSR count). The van der Waals surface area contributed by atoms with Gasteiger partial charge >= 0.3 is 11.9 Å². The average Bonchev–Trinajstić information content (AvgIpc) is 3.30. The minimum Gasteiger partial charge on any atom is -0.463 e. The highest BCUT2D eigenvalue weighted by Crippen LogP contribution is 2.46. The molecule has 4 heterocycles. The van der Waals surface area contributed by atoms with Crippen LogP contribution in [0.5, 0.6) is 0 Å². The van der Waals surface area contributed by atoms with E-state index in [1.165, 1.54) is 13.0 Å². The predicted octanol–water partition coefficient (Wildman–Crippen LogP) is 2.97. The third-order valence-electron chi connectivity index (χ3n) is 9.49. The third-order valence-corrected chi connectivity index (χ3v) is 9.49. The van der Waals surface area contributed by atoms with Crippen molar-refractivity contribution in [1.29, 1.82) is 0 Å². The van der Waals surface area contributed by atoms with Gasteiger partial charge in [0.05, 0.1) is 35.1 Å². The van der Waals surface area contributed by atoms with E-state index in [0.29, 0.717) is 48.2 Å². The lowest BCUT2D eigenvalue weighted by Crippen LogP contribution is -2.44. The summed E-state index contributed by atoms with van der Waals surface area (Å²) in [5.74, 6) is -1.99. The van der Waals surface area contributed by atoms with E-state index < -0.39 is 17.6 Å². The Kier molecular flexibility index (Phi) is 5.85. The number of benzene rings is 1. The zero-order valence-corrected chi connectivity index (χ0v) is 23.5. The summed E-state index contributed by atoms with van der Waals surface area (Å²) in [6, 6.07) is 2.61. The number of hydrogen-bond donors (Lipinski definition) is 2. The Morgan fingerprint density at radius 1 is 1.24 bits per heavy atom. The minimum atomic E-state index is -1.96. The SMILES string of the molecule is CC[C@@]1(O)C(=O)OCc2c1cc1n(c2=O)Cc2c-1nc1cc(F)c(C)c3c1c2[C@@H](NC(=O)[C@H]1C[C@@H](OC(C)=O)C1)CC3. The van der Waals surface area contributed by atoms with Crippen LogP contribution in [0.1, 0.15) is 79.0 Å². The molecule has 0 saturated heterocycles. The van der Waals surface area contributed by atoms with Gasteiger partial charge < -0.3 is 24.5 Å². The van der Waals surface area contributed by atoms with Crippen molar-refractivity contribution in [2.45, 2.75) is 83.8 Å². The Morgan fingerprint density at radius 3 is 2.71 bits per heavy atom. The molecule has 42 heavy (non-hydrogen) atoms. The number of carbonyl (C=O) groups excluding carboxylic acids is 3. The van der Waals surface area contributed by atoms with Gasteiger partial charge in [-0.05, 0) is 61.8 Å². The first-order chi connectivity index (χ1) is 20.0. The molecule has 3 aromatic rings. The number of cyclic esters (lactones) is 1. The lowest BCUT2D eigenvalue weighted by Gasteiger charge is -2.36. The number of rotatable bonds is 4. The summed E-state index contributed by atoms with van der Waals surface area (Å²) in [4.78, 5) is 55.7. The molecule has 0 spiro atoms. The van der Waals surface area contributed by atoms with E-state index in [0.717, 1.165) is 22.1 Å². The van der Waals surface area contributed by atoms with Crippen LogP contribution in [0.2, 0.25) is 0 Å². The second kappa shape index (κ2) is 9.19. The summed E-state index contributed by atoms with van der Waals surface area (Å²) < 4.78 is 27.0. The Hall–Kier alpha value is -4.12. The maximum Gasteiger partial charge on any atom is 0.343 e. The fourth-order valence-electron chi connectivity index (χ4n) is 7.10. The molecular formula is C31H30FN3O7. The lowest BCUT2D eigenvalue weighted by atomic mass is 9.79. The summed E-state index contributed by atoms with van der Waals surface area (Å²) in [5, 5.41) is 15.2. The number of nitrogens with zero attached hydrogens (tertiary/aromatic N) is 2. The summed E-state index contributed by atoms with van der Waals surface area (Å²) in [7, 11) is 0. The highest BCUT2D eigenvalue weighted by atomic mass is 19.1. The number of fused-ring (bicyclic) bond motifs is 5. The number of aryl methyl sites for hydroxylation is 1. The van der Waals surface area contributed by atoms with Gasteiger partial charge in [0.2, 0.25) is 5.91 Å². The molecule has 2 aliphatic heterocycles. The molecule has 4 aliphatic rings. The zero-order chi connectivity index (χ0) is 29.7. The second-order valence-corrected chi connectivity index (χ2v) is 11.8. The van der Waals surface area contributed by atoms with Crippen LogP contribution in [0.3, 0.4) is 0 Å². The van der Waals surface area contributed by atoms with Crippen molar-refractivity contribution < 1.29 is 33.4 Å². The van der Waals surface area contributed by atoms with E-state index in [1.807, 2.05) is 0 Å². The van der Waals surface area contributed by atoms with Gasteiger partial charge in [0.1, 0.15) is 18.5 Å². The molecule has 2 N–H and O–H groups in total. The highest BCUT2D eigenvalue weighted by molar-refractivity contribution is 5.94. The van der Waals surface area contributed by atoms with E-state index in [9.17, 15) is 24.3 Å². The largest absolute Gasteiger partial charge is 0.463 e. The van der Waals surface area contributed by atoms with Crippen LogP contribution in [0.25, 0.3) is 22.3 Å². The third kappa shape index (κ3) is 3.68. The number of amides is 1. The van der Waals surface area contributed by atoms with Crippen molar-refractivity contribution in [3.05, 3.63) is 61.7 Å². The van der Waals surface area contributed by atoms with Gasteiger partial charge in [-0.15, -0.1) is 0 Å². The maximum absolute atomic E-state index is 15.1. The Bertz CT molecular complexity index is 1810. The summed E-state index contributed by atoms with van der Waals surface area (Å²) in [6.07, 6.45) is 1.75. The summed E-state index contributed by atoms with van der Waals surface area (Å²) in [6.45, 7) is 4.66. The first kappa shape index (κ1) is 26.8. The molecule has 2 aliphatic carbocycles. The number of hydrogen-bond acceptors (Lipinski definition) is 8. The van der Waals surface area contributed by atoms with Crippen molar-refractivity contribution in [3.8, 4) is 11.4 Å². The fourth-order valence-corrected chi connectivity index (χ4v) is 7.10. The Labute approximate surface area is 239 Å². The Balaban J connectivity index is 1.36. The highest BCUT2D eigenvalue weighted by Gasteiger charge is 2.46. The Morgan fingerprint density at radius 2 is 2.00 bits per heavy atom. The molecule has 2 atom stereocenters. The molecule has 0 unspecified atom stereocenters. The summed E-state index contributed by atoms with van der Waals surface area (Å²) in [5.41, 5.74) is 2.30. The number of aliphatic hydroxyl groups is 1. The average molecular weight is 576 g/mol. The first-order valence-electron chi connectivity index (χ1n) is 14.3. The van der Waals surface area contributed by atoms with Gasteiger partial charge in [-0.3, -0.25) is 14.4 Å². The van der Waals surface area contributed by atoms with Crippen molar-refractivity contribution >= 4 is 28.7 Å². The van der Waals surface area contributed by atoms with Crippen LogP contribution in [0.15, 0.2) is 16.9 Å². The molecule has 1 saturated carbocycles. The lowest BCUT2D eigenvalue weighted by molar-refractivity contribution is -0.172. The normalized spacial score (nSPS) is 25.2. The molecule has 10 nitrogen and oxygen atoms in total. The number of pyridine rings is 2. The van der Waals surface area contributed by atoms with Crippen LogP contribution in [-0.4, -0.2) is 38.6 Å². The van der Waals surface area contributed by atoms with Crippen molar-refractivity contribution in [2.75, 3.05) is 0 Å². The van der Waals surface area contributed by atoms with Crippen LogP contribution in [-0.2, 0) is 49.0 Å². The molecule has 0 radical (unpaired) electrons. The number of esters is 2. The van der Waals surface area contributed by atoms with Gasteiger partial charge in [0.25, 0.3) is 5.56 Å². The van der Waals surface area contributed by atoms with Crippen LogP contribution >= 0.6 is 0 Å². The predicted molar refractivity (Wildman–Crippen MR) is 147 cm³/mol. The number of nitrogens with one attached hydrogen (secondary N) is 1. The number of aromatic nitrogens is 2. The standard InChI is InChI=1S/C31H30FN3O7/c1-4-31(40)20-9-24-27-18(11-35(24)29(38)19(20)12-41-30(31)39)26-22(34-28(37)15-7-16(8-15)42-14(3)36)6-5-17-13(2)21(32)10-23(33-27)25(17)26/h9-10,15-16,22,40H,4-8,11-12H2,1-3H3,(H,34,37)/t15-,16+,22-,31-/m0/s1. The molecular weight excluding hydrogens is 545 g/mol. The molecule has 0 bridgehead atoms. The number of carbonyl (C=O) groups is 3. The van der Waals surface area contributed by atoms with E-state index in [4.69, 9.17) is 14.5 Å². The first-order valence-corrected chi connectivity index (χ1v) is 14.3. The summed E-state index contributed by atoms with van der Waals surface area (Å²) >= 11 is 0. The van der Waals surface area contributed by atoms with E-state index in [-0.39, 0.29) is 66.0 Å². The quantitative estimate of drug-likeness (QED) is 0.355. The van der Waals surface area contributed by atoms with Crippen molar-refractivity contribution in [2.24, 2.45) is 5.92 Å². The number of halogens is 1. The molecule has 2 aromatic heterocycles. The van der Waals surface area contributed by atoms with E-state index >= 15 is 4.39 Å². The van der Waals surface area contributed by atoms with Gasteiger partial charge in [-0.25, -0.2) is 14.2 Å². The molecule has 1 aromatic carbocycles. The maximum atomic E-state index is 15.1. The molecule has 218 valence electrons. The zero-order valence-electron chi connectivity index (χ0n) is 23.5. The van der Waals surface area contributed by atoms with Crippen molar-refractivity contribution in [3.63, 3.8) is 0 Å². The van der Waals surface area contributed by atoms with Gasteiger partial charge in [0, 0.05) is 35.4 Å². The van der Waals surface area contributed by atoms with Crippen LogP contribution < -0.4 is 10.9 Å². The smallest absolute Gasteiger partial charge is 0.343 e. The van der Waals surface area contributed by atoms with E-state index in [2.05, 4.69) is 5.32 Å². The second-order valence-electron chi connectivity index (χ2n) is 11.8. The topological polar surface area (TPSA) is 137 Å². The fraction of sp³-hybridized carbons (Fsp3) is 0.452. The van der Waals surface area contributed by atoms with Gasteiger partial charge in [-0.1, -0.05) is 6.92 Å². The van der Waals surface area contributed by atoms with Crippen LogP contribution in [0, 0.1) is 18.7 Å². The molecule has 1 amide bonds. The van der Waals surface area contributed by atoms with Crippen molar-refractivity contribution in [1.82, 2.24) is 14.9 Å². The monoisotopic (exact) mass is 575 g/mol. The molecule has 11 heteroatoms. The van der Waals surface area contributed by atoms with Gasteiger partial charge in [-0.2, -0.15) is 0 Å². The minimum absolute atomic E-state index is 0.0203. The molecule has 1 fully saturated rings. The van der Waals surface area contributed by atoms with E-state index in [1.54, 1.807) is 24.5 Å². The van der Waals surface area contributed by atoms with Gasteiger partial charge in [0.15, 0.2) is 5.60 Å².